The quantitative estimate of drug-likeness (QED) is 0.747. The third kappa shape index (κ3) is 5.01. The third-order valence-electron chi connectivity index (χ3n) is 4.16. The maximum Gasteiger partial charge on any atom is 0.124 e. The van der Waals surface area contributed by atoms with Gasteiger partial charge in [0.1, 0.15) is 5.75 Å². The highest BCUT2D eigenvalue weighted by atomic mass is 16.5. The molecule has 0 amide bonds. The Kier molecular flexibility index (Phi) is 7.04. The number of ether oxygens (including phenoxy) is 2. The van der Waals surface area contributed by atoms with Crippen LogP contribution in [0.5, 0.6) is 5.75 Å². The molecule has 118 valence electrons. The minimum Gasteiger partial charge on any atom is -0.494 e. The molecule has 2 rings (SSSR count). The lowest BCUT2D eigenvalue weighted by Crippen LogP contribution is -2.26. The van der Waals surface area contributed by atoms with Crippen molar-refractivity contribution in [1.82, 2.24) is 5.32 Å². The van der Waals surface area contributed by atoms with Crippen molar-refractivity contribution in [1.29, 1.82) is 0 Å². The SMILES string of the molecule is CCNC(COCC1CCCC1)c1ccccc1OCC. The maximum absolute atomic E-state index is 6.00. The van der Waals surface area contributed by atoms with Crippen LogP contribution >= 0.6 is 0 Å². The normalized spacial score (nSPS) is 17.0. The molecule has 1 aromatic rings. The smallest absolute Gasteiger partial charge is 0.124 e. The molecular weight excluding hydrogens is 262 g/mol. The first-order chi connectivity index (χ1) is 10.3. The van der Waals surface area contributed by atoms with E-state index < -0.39 is 0 Å². The van der Waals surface area contributed by atoms with Gasteiger partial charge in [-0.3, -0.25) is 0 Å². The molecule has 1 saturated carbocycles. The third-order valence-corrected chi connectivity index (χ3v) is 4.16. The van der Waals surface area contributed by atoms with Gasteiger partial charge in [-0.25, -0.2) is 0 Å². The molecule has 0 bridgehead atoms. The van der Waals surface area contributed by atoms with Crippen LogP contribution in [0.4, 0.5) is 0 Å². The Morgan fingerprint density at radius 2 is 1.95 bits per heavy atom. The van der Waals surface area contributed by atoms with Crippen LogP contribution < -0.4 is 10.1 Å². The molecule has 0 aromatic heterocycles. The van der Waals surface area contributed by atoms with Crippen molar-refractivity contribution < 1.29 is 9.47 Å². The fraction of sp³-hybridized carbons (Fsp3) is 0.667. The summed E-state index contributed by atoms with van der Waals surface area (Å²) in [5.74, 6) is 1.74. The molecular formula is C18H29NO2. The lowest BCUT2D eigenvalue weighted by molar-refractivity contribution is 0.0824. The van der Waals surface area contributed by atoms with Gasteiger partial charge in [-0.2, -0.15) is 0 Å². The lowest BCUT2D eigenvalue weighted by atomic mass is 10.1. The zero-order chi connectivity index (χ0) is 14.9. The average Bonchev–Trinajstić information content (AvgIpc) is 3.01. The number of benzene rings is 1. The summed E-state index contributed by atoms with van der Waals surface area (Å²) in [5, 5.41) is 3.52. The number of hydrogen-bond acceptors (Lipinski definition) is 3. The zero-order valence-corrected chi connectivity index (χ0v) is 13.4. The topological polar surface area (TPSA) is 30.5 Å². The van der Waals surface area contributed by atoms with Gasteiger partial charge < -0.3 is 14.8 Å². The highest BCUT2D eigenvalue weighted by Crippen LogP contribution is 2.27. The summed E-state index contributed by atoms with van der Waals surface area (Å²) < 4.78 is 11.8. The summed E-state index contributed by atoms with van der Waals surface area (Å²) in [7, 11) is 0. The number of nitrogens with one attached hydrogen (secondary N) is 1. The molecule has 1 aliphatic carbocycles. The Labute approximate surface area is 129 Å². The molecule has 21 heavy (non-hydrogen) atoms. The van der Waals surface area contributed by atoms with Gasteiger partial charge in [0, 0.05) is 12.2 Å². The molecule has 1 fully saturated rings. The van der Waals surface area contributed by atoms with Crippen molar-refractivity contribution in [3.63, 3.8) is 0 Å². The molecule has 3 nitrogen and oxygen atoms in total. The van der Waals surface area contributed by atoms with Gasteiger partial charge in [-0.15, -0.1) is 0 Å². The van der Waals surface area contributed by atoms with E-state index in [1.54, 1.807) is 0 Å². The first-order valence-corrected chi connectivity index (χ1v) is 8.38. The van der Waals surface area contributed by atoms with Crippen LogP contribution in [0.15, 0.2) is 24.3 Å². The van der Waals surface area contributed by atoms with Crippen molar-refractivity contribution in [3.8, 4) is 5.75 Å². The van der Waals surface area contributed by atoms with E-state index in [2.05, 4.69) is 24.4 Å². The number of para-hydroxylation sites is 1. The predicted molar refractivity (Wildman–Crippen MR) is 86.8 cm³/mol. The Hall–Kier alpha value is -1.06. The average molecular weight is 291 g/mol. The van der Waals surface area contributed by atoms with Gasteiger partial charge in [0.25, 0.3) is 0 Å². The van der Waals surface area contributed by atoms with Crippen LogP contribution in [0.25, 0.3) is 0 Å². The van der Waals surface area contributed by atoms with E-state index in [9.17, 15) is 0 Å². The van der Waals surface area contributed by atoms with E-state index in [0.717, 1.165) is 24.8 Å². The zero-order valence-electron chi connectivity index (χ0n) is 13.4. The fourth-order valence-corrected chi connectivity index (χ4v) is 3.09. The Balaban J connectivity index is 1.93. The van der Waals surface area contributed by atoms with Crippen LogP contribution in [-0.4, -0.2) is 26.4 Å². The lowest BCUT2D eigenvalue weighted by Gasteiger charge is -2.22. The molecule has 0 spiro atoms. The summed E-state index contributed by atoms with van der Waals surface area (Å²) in [6.45, 7) is 7.40. The van der Waals surface area contributed by atoms with Gasteiger partial charge in [0.05, 0.1) is 19.3 Å². The summed E-state index contributed by atoms with van der Waals surface area (Å²) in [4.78, 5) is 0. The first-order valence-electron chi connectivity index (χ1n) is 8.38. The van der Waals surface area contributed by atoms with E-state index in [-0.39, 0.29) is 6.04 Å². The fourth-order valence-electron chi connectivity index (χ4n) is 3.09. The number of likely N-dealkylation sites (N-methyl/N-ethyl adjacent to an activating group) is 1. The minimum absolute atomic E-state index is 0.208. The van der Waals surface area contributed by atoms with E-state index in [1.165, 1.54) is 31.2 Å². The second-order valence-electron chi connectivity index (χ2n) is 5.77. The molecule has 1 unspecified atom stereocenters. The van der Waals surface area contributed by atoms with Gasteiger partial charge >= 0.3 is 0 Å². The van der Waals surface area contributed by atoms with Crippen molar-refractivity contribution >= 4 is 0 Å². The molecule has 1 aliphatic rings. The highest BCUT2D eigenvalue weighted by molar-refractivity contribution is 5.36. The molecule has 1 N–H and O–H groups in total. The predicted octanol–water partition coefficient (Wildman–Crippen LogP) is 3.94. The van der Waals surface area contributed by atoms with Gasteiger partial charge in [0.2, 0.25) is 0 Å². The largest absolute Gasteiger partial charge is 0.494 e. The van der Waals surface area contributed by atoms with Crippen LogP contribution in [-0.2, 0) is 4.74 Å². The van der Waals surface area contributed by atoms with Crippen LogP contribution in [0, 0.1) is 5.92 Å². The Morgan fingerprint density at radius 3 is 2.67 bits per heavy atom. The van der Waals surface area contributed by atoms with Crippen molar-refractivity contribution in [2.45, 2.75) is 45.6 Å². The standard InChI is InChI=1S/C18H29NO2/c1-3-19-17(14-20-13-15-9-5-6-10-15)16-11-7-8-12-18(16)21-4-2/h7-8,11-12,15,17,19H,3-6,9-10,13-14H2,1-2H3. The Bertz CT molecular complexity index is 402. The summed E-state index contributed by atoms with van der Waals surface area (Å²) in [6, 6.07) is 8.48. The minimum atomic E-state index is 0.208. The van der Waals surface area contributed by atoms with Crippen LogP contribution in [0.1, 0.15) is 51.1 Å². The molecule has 0 saturated heterocycles. The van der Waals surface area contributed by atoms with E-state index in [0.29, 0.717) is 13.2 Å². The molecule has 0 heterocycles. The summed E-state index contributed by atoms with van der Waals surface area (Å²) >= 11 is 0. The Morgan fingerprint density at radius 1 is 1.19 bits per heavy atom. The molecule has 1 aromatic carbocycles. The van der Waals surface area contributed by atoms with E-state index in [4.69, 9.17) is 9.47 Å². The maximum atomic E-state index is 6.00. The van der Waals surface area contributed by atoms with Crippen LogP contribution in [0.3, 0.4) is 0 Å². The van der Waals surface area contributed by atoms with E-state index >= 15 is 0 Å². The first kappa shape index (κ1) is 16.3. The molecule has 0 radical (unpaired) electrons. The molecule has 3 heteroatoms. The van der Waals surface area contributed by atoms with Crippen molar-refractivity contribution in [2.24, 2.45) is 5.92 Å². The molecule has 0 aliphatic heterocycles. The van der Waals surface area contributed by atoms with Crippen molar-refractivity contribution in [3.05, 3.63) is 29.8 Å². The number of hydrogen-bond donors (Lipinski definition) is 1. The second kappa shape index (κ2) is 9.06. The summed E-state index contributed by atoms with van der Waals surface area (Å²) in [6.07, 6.45) is 5.42. The highest BCUT2D eigenvalue weighted by Gasteiger charge is 2.18. The van der Waals surface area contributed by atoms with Gasteiger partial charge in [-0.1, -0.05) is 38.0 Å². The molecule has 1 atom stereocenters. The van der Waals surface area contributed by atoms with Crippen LogP contribution in [0.2, 0.25) is 0 Å². The van der Waals surface area contributed by atoms with E-state index in [1.807, 2.05) is 19.1 Å². The second-order valence-corrected chi connectivity index (χ2v) is 5.77. The number of rotatable bonds is 9. The summed E-state index contributed by atoms with van der Waals surface area (Å²) in [5.41, 5.74) is 1.20. The van der Waals surface area contributed by atoms with Gasteiger partial charge in [0.15, 0.2) is 0 Å². The van der Waals surface area contributed by atoms with Crippen molar-refractivity contribution in [2.75, 3.05) is 26.4 Å². The van der Waals surface area contributed by atoms with Gasteiger partial charge in [-0.05, 0) is 38.3 Å². The monoisotopic (exact) mass is 291 g/mol.